The largest absolute Gasteiger partial charge is 0.463 e. The minimum Gasteiger partial charge on any atom is -0.463 e. The van der Waals surface area contributed by atoms with Gasteiger partial charge in [0.1, 0.15) is 4.53 Å². The fraction of sp³-hybridized carbons (Fsp3) is 0.208. The van der Waals surface area contributed by atoms with Crippen molar-refractivity contribution in [2.75, 3.05) is 11.9 Å². The number of carbonyl (C=O) groups excluding carboxylic acids is 1. The van der Waals surface area contributed by atoms with Crippen LogP contribution < -0.4 is 20.2 Å². The lowest BCUT2D eigenvalue weighted by atomic mass is 9.96. The summed E-state index contributed by atoms with van der Waals surface area (Å²) in [4.78, 5) is 31.0. The molecule has 176 valence electrons. The Bertz CT molecular complexity index is 1440. The first kappa shape index (κ1) is 23.5. The standard InChI is InChI=1S/C24H20F3N3O3S/c1-3-33-22(32)19-14(2)29-23-30(20(19)15-8-5-4-6-9-15)21(31)18(34-23)13-28-17-11-7-10-16(12-17)24(25,26)27/h4-13,20,28H,3H2,1-2H3/b18-13-/t20-/m0/s1. The second-order valence-electron chi connectivity index (χ2n) is 7.44. The summed E-state index contributed by atoms with van der Waals surface area (Å²) in [5.74, 6) is -0.561. The molecule has 0 unspecified atom stereocenters. The molecule has 1 N–H and O–H groups in total. The number of hydrogen-bond donors (Lipinski definition) is 1. The van der Waals surface area contributed by atoms with Crippen molar-refractivity contribution in [1.82, 2.24) is 4.57 Å². The van der Waals surface area contributed by atoms with Gasteiger partial charge in [-0.2, -0.15) is 13.2 Å². The minimum absolute atomic E-state index is 0.169. The fourth-order valence-corrected chi connectivity index (χ4v) is 4.65. The molecule has 1 aromatic heterocycles. The van der Waals surface area contributed by atoms with Gasteiger partial charge in [-0.25, -0.2) is 9.79 Å². The number of thiazole rings is 1. The number of aromatic nitrogens is 1. The third kappa shape index (κ3) is 4.54. The van der Waals surface area contributed by atoms with Gasteiger partial charge in [0.05, 0.1) is 29.5 Å². The molecule has 2 heterocycles. The molecule has 1 aliphatic heterocycles. The van der Waals surface area contributed by atoms with Crippen molar-refractivity contribution in [2.45, 2.75) is 26.1 Å². The van der Waals surface area contributed by atoms with Crippen LogP contribution >= 0.6 is 11.3 Å². The summed E-state index contributed by atoms with van der Waals surface area (Å²) >= 11 is 1.08. The Kier molecular flexibility index (Phi) is 6.43. The lowest BCUT2D eigenvalue weighted by Gasteiger charge is -2.24. The first-order valence-electron chi connectivity index (χ1n) is 10.4. The van der Waals surface area contributed by atoms with E-state index in [0.717, 1.165) is 23.5 Å². The second-order valence-corrected chi connectivity index (χ2v) is 8.44. The van der Waals surface area contributed by atoms with Crippen LogP contribution in [0.15, 0.2) is 75.7 Å². The zero-order valence-corrected chi connectivity index (χ0v) is 19.0. The lowest BCUT2D eigenvalue weighted by Crippen LogP contribution is -2.40. The summed E-state index contributed by atoms with van der Waals surface area (Å²) in [6.45, 7) is 3.54. The minimum atomic E-state index is -4.48. The van der Waals surface area contributed by atoms with E-state index < -0.39 is 29.3 Å². The van der Waals surface area contributed by atoms with Crippen molar-refractivity contribution in [3.63, 3.8) is 0 Å². The highest BCUT2D eigenvalue weighted by atomic mass is 32.1. The van der Waals surface area contributed by atoms with E-state index >= 15 is 0 Å². The van der Waals surface area contributed by atoms with Gasteiger partial charge in [0.15, 0.2) is 4.80 Å². The number of fused-ring (bicyclic) bond motifs is 1. The number of benzene rings is 2. The van der Waals surface area contributed by atoms with Crippen LogP contribution in [0.2, 0.25) is 0 Å². The number of halogens is 3. The molecule has 2 aromatic carbocycles. The van der Waals surface area contributed by atoms with E-state index in [4.69, 9.17) is 4.74 Å². The zero-order valence-electron chi connectivity index (χ0n) is 18.2. The third-order valence-electron chi connectivity index (χ3n) is 5.19. The quantitative estimate of drug-likeness (QED) is 0.555. The average molecular weight is 488 g/mol. The normalized spacial score (nSPS) is 16.1. The van der Waals surface area contributed by atoms with Crippen LogP contribution in [0.4, 0.5) is 18.9 Å². The smallest absolute Gasteiger partial charge is 0.416 e. The predicted molar refractivity (Wildman–Crippen MR) is 123 cm³/mol. The average Bonchev–Trinajstić information content (AvgIpc) is 3.12. The monoisotopic (exact) mass is 487 g/mol. The Hall–Kier alpha value is -3.66. The van der Waals surface area contributed by atoms with E-state index in [1.807, 2.05) is 6.07 Å². The van der Waals surface area contributed by atoms with E-state index in [-0.39, 0.29) is 22.4 Å². The molecule has 0 saturated carbocycles. The highest BCUT2D eigenvalue weighted by Gasteiger charge is 2.33. The molecular weight excluding hydrogens is 467 g/mol. The van der Waals surface area contributed by atoms with Gasteiger partial charge in [0.25, 0.3) is 5.56 Å². The molecule has 0 radical (unpaired) electrons. The van der Waals surface area contributed by atoms with Crippen LogP contribution in [-0.2, 0) is 15.7 Å². The summed E-state index contributed by atoms with van der Waals surface area (Å²) < 4.78 is 45.9. The van der Waals surface area contributed by atoms with E-state index in [2.05, 4.69) is 10.3 Å². The number of alkyl halides is 3. The second kappa shape index (κ2) is 9.30. The van der Waals surface area contributed by atoms with Gasteiger partial charge >= 0.3 is 12.1 Å². The van der Waals surface area contributed by atoms with Crippen molar-refractivity contribution in [2.24, 2.45) is 4.99 Å². The Morgan fingerprint density at radius 3 is 2.62 bits per heavy atom. The summed E-state index contributed by atoms with van der Waals surface area (Å²) in [6.07, 6.45) is -3.13. The van der Waals surface area contributed by atoms with E-state index in [1.54, 1.807) is 38.1 Å². The van der Waals surface area contributed by atoms with Crippen molar-refractivity contribution in [3.05, 3.63) is 96.7 Å². The summed E-state index contributed by atoms with van der Waals surface area (Å²) in [5.41, 5.74) is 0.364. The number of carbonyl (C=O) groups is 1. The maximum Gasteiger partial charge on any atom is 0.416 e. The van der Waals surface area contributed by atoms with Gasteiger partial charge in [0.2, 0.25) is 0 Å². The van der Waals surface area contributed by atoms with E-state index in [9.17, 15) is 22.8 Å². The van der Waals surface area contributed by atoms with Crippen molar-refractivity contribution in [1.29, 1.82) is 0 Å². The molecule has 3 aromatic rings. The van der Waals surface area contributed by atoms with Crippen molar-refractivity contribution in [3.8, 4) is 0 Å². The Balaban J connectivity index is 1.81. The van der Waals surface area contributed by atoms with Gasteiger partial charge in [-0.3, -0.25) is 9.36 Å². The summed E-state index contributed by atoms with van der Waals surface area (Å²) in [7, 11) is 0. The van der Waals surface area contributed by atoms with Gasteiger partial charge < -0.3 is 10.1 Å². The molecule has 0 fully saturated rings. The van der Waals surface area contributed by atoms with Crippen molar-refractivity contribution < 1.29 is 22.7 Å². The van der Waals surface area contributed by atoms with Crippen molar-refractivity contribution >= 4 is 29.2 Å². The maximum absolute atomic E-state index is 13.4. The van der Waals surface area contributed by atoms with E-state index in [1.165, 1.54) is 22.9 Å². The topological polar surface area (TPSA) is 72.7 Å². The summed E-state index contributed by atoms with van der Waals surface area (Å²) in [5, 5.41) is 2.77. The Morgan fingerprint density at radius 1 is 1.21 bits per heavy atom. The Morgan fingerprint density at radius 2 is 1.94 bits per heavy atom. The third-order valence-corrected chi connectivity index (χ3v) is 6.18. The van der Waals surface area contributed by atoms with E-state index in [0.29, 0.717) is 16.1 Å². The molecule has 34 heavy (non-hydrogen) atoms. The molecule has 10 heteroatoms. The molecular formula is C24H20F3N3O3S. The number of anilines is 1. The van der Waals surface area contributed by atoms with Crippen LogP contribution in [0, 0.1) is 0 Å². The van der Waals surface area contributed by atoms with Crippen LogP contribution in [0.25, 0.3) is 6.20 Å². The molecule has 0 aliphatic carbocycles. The number of nitrogens with one attached hydrogen (secondary N) is 1. The molecule has 1 aliphatic rings. The molecule has 0 spiro atoms. The summed E-state index contributed by atoms with van der Waals surface area (Å²) in [6, 6.07) is 13.0. The first-order valence-corrected chi connectivity index (χ1v) is 11.2. The number of esters is 1. The number of nitrogens with zero attached hydrogens (tertiary/aromatic N) is 2. The van der Waals surface area contributed by atoms with Gasteiger partial charge in [0, 0.05) is 11.9 Å². The lowest BCUT2D eigenvalue weighted by molar-refractivity contribution is -0.139. The van der Waals surface area contributed by atoms with Crippen LogP contribution in [-0.4, -0.2) is 17.1 Å². The molecule has 0 bridgehead atoms. The SMILES string of the molecule is CCOC(=O)C1=C(C)N=c2s/c(=C\Nc3cccc(C(F)(F)F)c3)c(=O)n2[C@H]1c1ccccc1. The van der Waals surface area contributed by atoms with Crippen LogP contribution in [0.5, 0.6) is 0 Å². The van der Waals surface area contributed by atoms with Gasteiger partial charge in [-0.1, -0.05) is 47.7 Å². The zero-order chi connectivity index (χ0) is 24.5. The maximum atomic E-state index is 13.4. The number of allylic oxidation sites excluding steroid dienone is 1. The fourth-order valence-electron chi connectivity index (χ4n) is 3.68. The van der Waals surface area contributed by atoms with Crippen LogP contribution in [0.1, 0.15) is 31.0 Å². The molecule has 4 rings (SSSR count). The number of hydrogen-bond acceptors (Lipinski definition) is 6. The highest BCUT2D eigenvalue weighted by molar-refractivity contribution is 7.07. The molecule has 0 saturated heterocycles. The first-order chi connectivity index (χ1) is 16.2. The highest BCUT2D eigenvalue weighted by Crippen LogP contribution is 2.31. The predicted octanol–water partition coefficient (Wildman–Crippen LogP) is 3.84. The molecule has 1 atom stereocenters. The van der Waals surface area contributed by atoms with Gasteiger partial charge in [-0.15, -0.1) is 0 Å². The Labute approximate surface area is 196 Å². The number of ether oxygens (including phenoxy) is 1. The van der Waals surface area contributed by atoms with Gasteiger partial charge in [-0.05, 0) is 37.6 Å². The van der Waals surface area contributed by atoms with Crippen LogP contribution in [0.3, 0.4) is 0 Å². The number of rotatable bonds is 5. The molecule has 0 amide bonds. The molecule has 6 nitrogen and oxygen atoms in total.